The molecule has 5 unspecified atom stereocenters. The molecule has 17 nitrogen and oxygen atoms in total. The van der Waals surface area contributed by atoms with Gasteiger partial charge >= 0.3 is 39.5 Å². The molecule has 0 amide bonds. The summed E-state index contributed by atoms with van der Waals surface area (Å²) in [4.78, 5) is 72.7. The summed E-state index contributed by atoms with van der Waals surface area (Å²) in [7, 11) is -9.91. The van der Waals surface area contributed by atoms with Gasteiger partial charge in [-0.05, 0) is 51.4 Å². The standard InChI is InChI=1S/C73H138O17P2/c1-5-9-13-17-21-25-29-32-33-36-39-42-46-50-54-58-71(76)84-64-69(90-73(78)60-56-52-48-44-40-35-31-27-23-19-15-11-7-3)66-88-92(81,82)86-62-67(74)61-85-91(79,80)87-65-68(89-72(77)59-55-51-47-43-37-28-24-20-16-12-8-4)63-83-70(75)57-53-49-45-41-38-34-30-26-22-18-14-10-6-2/h14,18,26,30,67-69,74H,5-13,15-17,19-25,27-29,31-66H2,1-4H3,(H,79,80)(H,81,82)/b18-14-,30-26-. The van der Waals surface area contributed by atoms with Gasteiger partial charge in [-0.3, -0.25) is 37.3 Å². The molecule has 0 aliphatic carbocycles. The number of phosphoric ester groups is 2. The van der Waals surface area contributed by atoms with Crippen LogP contribution in [0.3, 0.4) is 0 Å². The highest BCUT2D eigenvalue weighted by Gasteiger charge is 2.30. The van der Waals surface area contributed by atoms with Crippen molar-refractivity contribution in [3.05, 3.63) is 24.3 Å². The van der Waals surface area contributed by atoms with Crippen LogP contribution in [0.2, 0.25) is 0 Å². The number of hydrogen-bond donors (Lipinski definition) is 3. The van der Waals surface area contributed by atoms with Crippen LogP contribution < -0.4 is 0 Å². The van der Waals surface area contributed by atoms with E-state index in [2.05, 4.69) is 52.0 Å². The number of esters is 4. The highest BCUT2D eigenvalue weighted by molar-refractivity contribution is 7.47. The first kappa shape index (κ1) is 89.5. The second kappa shape index (κ2) is 67.1. The first-order chi connectivity index (χ1) is 44.7. The van der Waals surface area contributed by atoms with Crippen LogP contribution in [0.1, 0.15) is 362 Å². The monoisotopic (exact) mass is 1350 g/mol. The van der Waals surface area contributed by atoms with Crippen molar-refractivity contribution in [2.75, 3.05) is 39.6 Å². The molecule has 0 aliphatic heterocycles. The number of unbranched alkanes of at least 4 members (excludes halogenated alkanes) is 42. The van der Waals surface area contributed by atoms with Crippen LogP contribution in [0.5, 0.6) is 0 Å². The van der Waals surface area contributed by atoms with Crippen molar-refractivity contribution in [1.82, 2.24) is 0 Å². The summed E-state index contributed by atoms with van der Waals surface area (Å²) in [6, 6.07) is 0. The number of ether oxygens (including phenoxy) is 4. The summed E-state index contributed by atoms with van der Waals surface area (Å²) in [6.45, 7) is 4.86. The van der Waals surface area contributed by atoms with Crippen LogP contribution in [0, 0.1) is 0 Å². The number of carbonyl (C=O) groups is 4. The molecule has 0 aromatic carbocycles. The molecular formula is C73H138O17P2. The minimum Gasteiger partial charge on any atom is -0.462 e. The fourth-order valence-electron chi connectivity index (χ4n) is 10.7. The Morgan fingerprint density at radius 1 is 0.304 bits per heavy atom. The van der Waals surface area contributed by atoms with Gasteiger partial charge in [0.2, 0.25) is 0 Å². The third-order valence-corrected chi connectivity index (χ3v) is 18.3. The van der Waals surface area contributed by atoms with Gasteiger partial charge in [-0.15, -0.1) is 0 Å². The van der Waals surface area contributed by atoms with Gasteiger partial charge in [0.15, 0.2) is 12.2 Å². The zero-order valence-electron chi connectivity index (χ0n) is 59.0. The van der Waals surface area contributed by atoms with E-state index in [1.54, 1.807) is 0 Å². The predicted octanol–water partition coefficient (Wildman–Crippen LogP) is 21.0. The second-order valence-electron chi connectivity index (χ2n) is 25.6. The van der Waals surface area contributed by atoms with E-state index in [1.165, 1.54) is 161 Å². The average molecular weight is 1350 g/mol. The lowest BCUT2D eigenvalue weighted by Crippen LogP contribution is -2.30. The minimum atomic E-state index is -4.96. The number of aliphatic hydroxyl groups is 1. The number of hydrogen-bond acceptors (Lipinski definition) is 15. The zero-order valence-corrected chi connectivity index (χ0v) is 60.8. The zero-order chi connectivity index (χ0) is 67.5. The van der Waals surface area contributed by atoms with Gasteiger partial charge in [0, 0.05) is 25.7 Å². The predicted molar refractivity (Wildman–Crippen MR) is 372 cm³/mol. The van der Waals surface area contributed by atoms with Gasteiger partial charge in [0.05, 0.1) is 26.4 Å². The van der Waals surface area contributed by atoms with Crippen LogP contribution in [0.15, 0.2) is 24.3 Å². The molecule has 5 atom stereocenters. The Bertz CT molecular complexity index is 1850. The Labute approximate surface area is 561 Å². The fourth-order valence-corrected chi connectivity index (χ4v) is 12.3. The molecule has 0 aliphatic rings. The lowest BCUT2D eigenvalue weighted by atomic mass is 10.0. The quantitative estimate of drug-likeness (QED) is 0.0169. The van der Waals surface area contributed by atoms with Crippen molar-refractivity contribution < 1.29 is 80.2 Å². The van der Waals surface area contributed by atoms with E-state index in [9.17, 15) is 43.2 Å². The summed E-state index contributed by atoms with van der Waals surface area (Å²) < 4.78 is 68.4. The maximum absolute atomic E-state index is 13.0. The van der Waals surface area contributed by atoms with Crippen LogP contribution in [0.25, 0.3) is 0 Å². The molecule has 0 rings (SSSR count). The Morgan fingerprint density at radius 3 is 0.848 bits per heavy atom. The lowest BCUT2D eigenvalue weighted by molar-refractivity contribution is -0.161. The van der Waals surface area contributed by atoms with Crippen molar-refractivity contribution in [3.8, 4) is 0 Å². The SMILES string of the molecule is CCC/C=C\C/C=C\CCCCCCCC(=O)OCC(COP(=O)(O)OCC(O)COP(=O)(O)OCC(COC(=O)CCCCCCCCCCCCCCCCC)OC(=O)CCCCCCCCCCCCCCC)OC(=O)CCCCCCCCCCCCC. The van der Waals surface area contributed by atoms with Crippen molar-refractivity contribution in [3.63, 3.8) is 0 Å². The number of rotatable bonds is 72. The second-order valence-corrected chi connectivity index (χ2v) is 28.5. The lowest BCUT2D eigenvalue weighted by Gasteiger charge is -2.21. The van der Waals surface area contributed by atoms with Crippen LogP contribution in [-0.2, 0) is 65.4 Å². The first-order valence-electron chi connectivity index (χ1n) is 37.6. The largest absolute Gasteiger partial charge is 0.472 e. The molecule has 0 aromatic rings. The number of carbonyl (C=O) groups excluding carboxylic acids is 4. The van der Waals surface area contributed by atoms with E-state index in [0.717, 1.165) is 122 Å². The van der Waals surface area contributed by atoms with Gasteiger partial charge in [-0.2, -0.15) is 0 Å². The van der Waals surface area contributed by atoms with Gasteiger partial charge < -0.3 is 33.8 Å². The highest BCUT2D eigenvalue weighted by Crippen LogP contribution is 2.45. The first-order valence-corrected chi connectivity index (χ1v) is 40.6. The molecule has 0 saturated carbocycles. The topological polar surface area (TPSA) is 237 Å². The van der Waals surface area contributed by atoms with E-state index in [1.807, 2.05) is 0 Å². The molecule has 0 saturated heterocycles. The van der Waals surface area contributed by atoms with Gasteiger partial charge in [0.1, 0.15) is 19.3 Å². The molecule has 0 fully saturated rings. The molecule has 0 radical (unpaired) electrons. The smallest absolute Gasteiger partial charge is 0.462 e. The normalized spacial score (nSPS) is 14.1. The molecule has 0 bridgehead atoms. The summed E-state index contributed by atoms with van der Waals surface area (Å²) in [6.07, 6.45) is 58.9. The molecule has 0 aromatic heterocycles. The van der Waals surface area contributed by atoms with Gasteiger partial charge in [-0.25, -0.2) is 9.13 Å². The molecule has 3 N–H and O–H groups in total. The number of phosphoric acid groups is 2. The van der Waals surface area contributed by atoms with Gasteiger partial charge in [-0.1, -0.05) is 309 Å². The maximum Gasteiger partial charge on any atom is 0.472 e. The molecule has 542 valence electrons. The molecule has 19 heteroatoms. The fraction of sp³-hybridized carbons (Fsp3) is 0.890. The average Bonchev–Trinajstić information content (AvgIpc) is 2.25. The molecular weight excluding hydrogens is 1210 g/mol. The van der Waals surface area contributed by atoms with E-state index >= 15 is 0 Å². The third kappa shape index (κ3) is 66.2. The molecule has 0 spiro atoms. The molecule has 92 heavy (non-hydrogen) atoms. The number of aliphatic hydroxyl groups excluding tert-OH is 1. The van der Waals surface area contributed by atoms with Crippen LogP contribution >= 0.6 is 15.6 Å². The third-order valence-electron chi connectivity index (χ3n) is 16.4. The van der Waals surface area contributed by atoms with Crippen LogP contribution in [0.4, 0.5) is 0 Å². The van der Waals surface area contributed by atoms with Gasteiger partial charge in [0.25, 0.3) is 0 Å². The van der Waals surface area contributed by atoms with Crippen molar-refractivity contribution in [2.24, 2.45) is 0 Å². The molecule has 0 heterocycles. The summed E-state index contributed by atoms with van der Waals surface area (Å²) >= 11 is 0. The van der Waals surface area contributed by atoms with Crippen LogP contribution in [-0.4, -0.2) is 96.7 Å². The van der Waals surface area contributed by atoms with E-state index in [-0.39, 0.29) is 25.7 Å². The summed E-state index contributed by atoms with van der Waals surface area (Å²) in [5.74, 6) is -2.14. The van der Waals surface area contributed by atoms with E-state index < -0.39 is 97.5 Å². The summed E-state index contributed by atoms with van der Waals surface area (Å²) in [5, 5.41) is 10.6. The van der Waals surface area contributed by atoms with Crippen molar-refractivity contribution in [2.45, 2.75) is 380 Å². The number of allylic oxidation sites excluding steroid dienone is 4. The van der Waals surface area contributed by atoms with E-state index in [4.69, 9.17) is 37.0 Å². The maximum atomic E-state index is 13.0. The van der Waals surface area contributed by atoms with Crippen molar-refractivity contribution in [1.29, 1.82) is 0 Å². The Balaban J connectivity index is 5.26. The van der Waals surface area contributed by atoms with Crippen molar-refractivity contribution >= 4 is 39.5 Å². The Kier molecular flexibility index (Phi) is 65.3. The Morgan fingerprint density at radius 2 is 0.554 bits per heavy atom. The summed E-state index contributed by atoms with van der Waals surface area (Å²) in [5.41, 5.74) is 0. The van der Waals surface area contributed by atoms with E-state index in [0.29, 0.717) is 25.7 Å². The minimum absolute atomic E-state index is 0.101. The Hall–Kier alpha value is -2.46. The highest BCUT2D eigenvalue weighted by atomic mass is 31.2.